The second-order valence-corrected chi connectivity index (χ2v) is 8.78. The van der Waals surface area contributed by atoms with Crippen molar-refractivity contribution in [3.8, 4) is 0 Å². The molecule has 3 unspecified atom stereocenters. The first-order valence-corrected chi connectivity index (χ1v) is 10.8. The quantitative estimate of drug-likeness (QED) is 0.312. The van der Waals surface area contributed by atoms with E-state index in [1.165, 1.54) is 19.3 Å². The van der Waals surface area contributed by atoms with Crippen molar-refractivity contribution in [1.82, 2.24) is 0 Å². The molecular weight excluding hydrogens is 300 g/mol. The summed E-state index contributed by atoms with van der Waals surface area (Å²) < 4.78 is 29.0. The second kappa shape index (κ2) is 9.35. The van der Waals surface area contributed by atoms with Gasteiger partial charge in [0.2, 0.25) is 0 Å². The summed E-state index contributed by atoms with van der Waals surface area (Å²) in [7, 11) is -2.49. The summed E-state index contributed by atoms with van der Waals surface area (Å²) in [6.45, 7) is 9.51. The number of hydrogen-bond donors (Lipinski definition) is 0. The summed E-state index contributed by atoms with van der Waals surface area (Å²) in [4.78, 5) is 0. The van der Waals surface area contributed by atoms with Crippen molar-refractivity contribution >= 4 is 8.80 Å². The number of epoxide rings is 1. The van der Waals surface area contributed by atoms with Gasteiger partial charge in [0.05, 0.1) is 12.2 Å². The van der Waals surface area contributed by atoms with Crippen LogP contribution < -0.4 is 0 Å². The lowest BCUT2D eigenvalue weighted by Crippen LogP contribution is -2.46. The third kappa shape index (κ3) is 5.58. The van der Waals surface area contributed by atoms with Crippen LogP contribution in [0.5, 0.6) is 0 Å². The molecule has 1 saturated heterocycles. The molecule has 0 amide bonds. The van der Waals surface area contributed by atoms with Crippen LogP contribution in [0.2, 0.25) is 6.04 Å². The Hall–Kier alpha value is 0.0169. The summed E-state index contributed by atoms with van der Waals surface area (Å²) in [6, 6.07) is 0.834. The van der Waals surface area contributed by atoms with Crippen LogP contribution in [0.25, 0.3) is 0 Å². The molecule has 22 heavy (non-hydrogen) atoms. The lowest BCUT2D eigenvalue weighted by Gasteiger charge is -2.28. The molecule has 0 N–H and O–H groups in total. The highest BCUT2D eigenvalue weighted by Gasteiger charge is 2.43. The first-order chi connectivity index (χ1) is 10.7. The molecule has 0 radical (unpaired) electrons. The predicted octanol–water partition coefficient (Wildman–Crippen LogP) is 3.01. The summed E-state index contributed by atoms with van der Waals surface area (Å²) in [5, 5.41) is 0. The van der Waals surface area contributed by atoms with Crippen LogP contribution in [0.4, 0.5) is 0 Å². The van der Waals surface area contributed by atoms with Crippen LogP contribution >= 0.6 is 0 Å². The Bertz CT molecular complexity index is 298. The Balaban J connectivity index is 1.61. The van der Waals surface area contributed by atoms with E-state index in [0.717, 1.165) is 25.7 Å². The molecule has 6 heteroatoms. The maximum absolute atomic E-state index is 5.87. The maximum atomic E-state index is 5.87. The largest absolute Gasteiger partial charge is 0.501 e. The van der Waals surface area contributed by atoms with Crippen molar-refractivity contribution in [2.24, 2.45) is 5.92 Å². The highest BCUT2D eigenvalue weighted by molar-refractivity contribution is 6.60. The van der Waals surface area contributed by atoms with Gasteiger partial charge in [-0.25, -0.2) is 0 Å². The molecule has 2 rings (SSSR count). The third-order valence-corrected chi connectivity index (χ3v) is 7.48. The number of fused-ring (bicyclic) bond motifs is 1. The van der Waals surface area contributed by atoms with Gasteiger partial charge < -0.3 is 22.8 Å². The fourth-order valence-corrected chi connectivity index (χ4v) is 5.86. The van der Waals surface area contributed by atoms with Crippen molar-refractivity contribution in [2.75, 3.05) is 33.0 Å². The van der Waals surface area contributed by atoms with Crippen LogP contribution in [0.1, 0.15) is 46.5 Å². The van der Waals surface area contributed by atoms with Gasteiger partial charge in [0.25, 0.3) is 0 Å². The fourth-order valence-electron chi connectivity index (χ4n) is 3.28. The third-order valence-electron chi connectivity index (χ3n) is 4.33. The van der Waals surface area contributed by atoms with Crippen molar-refractivity contribution in [2.45, 2.75) is 64.7 Å². The summed E-state index contributed by atoms with van der Waals surface area (Å²) in [5.41, 5.74) is 0. The van der Waals surface area contributed by atoms with E-state index in [9.17, 15) is 0 Å². The lowest BCUT2D eigenvalue weighted by atomic mass is 9.90. The highest BCUT2D eigenvalue weighted by Crippen LogP contribution is 2.39. The zero-order valence-electron chi connectivity index (χ0n) is 14.3. The monoisotopic (exact) mass is 332 g/mol. The number of ether oxygens (including phenoxy) is 2. The van der Waals surface area contributed by atoms with E-state index in [-0.39, 0.29) is 0 Å². The van der Waals surface area contributed by atoms with Crippen LogP contribution in [0.15, 0.2) is 0 Å². The smallest absolute Gasteiger partial charge is 0.381 e. The predicted molar refractivity (Wildman–Crippen MR) is 86.9 cm³/mol. The van der Waals surface area contributed by atoms with Gasteiger partial charge in [-0.2, -0.15) is 0 Å². The molecule has 2 aliphatic rings. The molecule has 1 heterocycles. The van der Waals surface area contributed by atoms with Gasteiger partial charge >= 0.3 is 8.80 Å². The molecule has 2 fully saturated rings. The standard InChI is InChI=1S/C16H32O5Si/c1-4-18-22(19-5-2,20-6-3)11-7-10-17-13-14-8-9-15-16(12-14)21-15/h14-16H,4-13H2,1-3H3. The summed E-state index contributed by atoms with van der Waals surface area (Å²) in [5.74, 6) is 0.677. The van der Waals surface area contributed by atoms with E-state index < -0.39 is 8.80 Å². The second-order valence-electron chi connectivity index (χ2n) is 6.05. The Labute approximate surface area is 136 Å². The molecule has 130 valence electrons. The molecule has 1 aliphatic carbocycles. The first kappa shape index (κ1) is 18.4. The SMILES string of the molecule is CCO[Si](CCCOCC1CCC2OC2C1)(OCC)OCC. The molecule has 0 aromatic rings. The molecular formula is C16H32O5Si. The molecule has 0 aromatic heterocycles. The average molecular weight is 333 g/mol. The van der Waals surface area contributed by atoms with E-state index in [4.69, 9.17) is 22.8 Å². The van der Waals surface area contributed by atoms with Crippen molar-refractivity contribution in [1.29, 1.82) is 0 Å². The van der Waals surface area contributed by atoms with Crippen molar-refractivity contribution < 1.29 is 22.8 Å². The van der Waals surface area contributed by atoms with Gasteiger partial charge in [0.1, 0.15) is 0 Å². The minimum Gasteiger partial charge on any atom is -0.381 e. The normalized spacial score (nSPS) is 27.7. The molecule has 0 aromatic carbocycles. The minimum atomic E-state index is -2.49. The van der Waals surface area contributed by atoms with E-state index in [1.54, 1.807) is 0 Å². The van der Waals surface area contributed by atoms with Crippen LogP contribution in [-0.2, 0) is 22.8 Å². The number of rotatable bonds is 12. The minimum absolute atomic E-state index is 0.538. The molecule has 1 saturated carbocycles. The number of hydrogen-bond acceptors (Lipinski definition) is 5. The highest BCUT2D eigenvalue weighted by atomic mass is 28.4. The lowest BCUT2D eigenvalue weighted by molar-refractivity contribution is 0.0605. The Kier molecular flexibility index (Phi) is 7.80. The molecule has 0 bridgehead atoms. The van der Waals surface area contributed by atoms with E-state index in [0.29, 0.717) is 37.9 Å². The van der Waals surface area contributed by atoms with E-state index in [1.807, 2.05) is 20.8 Å². The molecule has 5 nitrogen and oxygen atoms in total. The molecule has 1 aliphatic heterocycles. The molecule has 3 atom stereocenters. The zero-order chi connectivity index (χ0) is 15.8. The van der Waals surface area contributed by atoms with Crippen LogP contribution in [0, 0.1) is 5.92 Å². The Morgan fingerprint density at radius 2 is 1.64 bits per heavy atom. The summed E-state index contributed by atoms with van der Waals surface area (Å²) in [6.07, 6.45) is 5.69. The maximum Gasteiger partial charge on any atom is 0.501 e. The van der Waals surface area contributed by atoms with Gasteiger partial charge in [-0.15, -0.1) is 0 Å². The van der Waals surface area contributed by atoms with Crippen molar-refractivity contribution in [3.05, 3.63) is 0 Å². The zero-order valence-corrected chi connectivity index (χ0v) is 15.3. The summed E-state index contributed by atoms with van der Waals surface area (Å²) >= 11 is 0. The fraction of sp³-hybridized carbons (Fsp3) is 1.00. The van der Waals surface area contributed by atoms with Gasteiger partial charge in [-0.1, -0.05) is 0 Å². The first-order valence-electron chi connectivity index (χ1n) is 8.88. The van der Waals surface area contributed by atoms with Crippen LogP contribution in [0.3, 0.4) is 0 Å². The van der Waals surface area contributed by atoms with E-state index in [2.05, 4.69) is 0 Å². The average Bonchev–Trinajstić information content (AvgIpc) is 3.26. The van der Waals surface area contributed by atoms with Gasteiger partial charge in [0.15, 0.2) is 0 Å². The van der Waals surface area contributed by atoms with Gasteiger partial charge in [-0.3, -0.25) is 0 Å². The van der Waals surface area contributed by atoms with E-state index >= 15 is 0 Å². The van der Waals surface area contributed by atoms with Gasteiger partial charge in [0, 0.05) is 39.1 Å². The Morgan fingerprint density at radius 3 is 2.23 bits per heavy atom. The van der Waals surface area contributed by atoms with Crippen molar-refractivity contribution in [3.63, 3.8) is 0 Å². The Morgan fingerprint density at radius 1 is 0.955 bits per heavy atom. The topological polar surface area (TPSA) is 49.5 Å². The molecule has 0 spiro atoms. The van der Waals surface area contributed by atoms with Gasteiger partial charge in [-0.05, 0) is 52.4 Å². The van der Waals surface area contributed by atoms with Crippen LogP contribution in [-0.4, -0.2) is 54.0 Å².